The smallest absolute Gasteiger partial charge is 0.329 e. The van der Waals surface area contributed by atoms with E-state index in [9.17, 15) is 19.2 Å². The number of unbranched alkanes of at least 4 members (excludes halogenated alkanes) is 4. The number of hydrogen-bond acceptors (Lipinski definition) is 11. The Labute approximate surface area is 274 Å². The molecule has 44 heavy (non-hydrogen) atoms. The van der Waals surface area contributed by atoms with Gasteiger partial charge in [0.05, 0.1) is 5.54 Å². The van der Waals surface area contributed by atoms with E-state index < -0.39 is 29.2 Å². The van der Waals surface area contributed by atoms with Crippen LogP contribution in [0.25, 0.3) is 0 Å². The zero-order valence-electron chi connectivity index (χ0n) is 26.9. The lowest BCUT2D eigenvalue weighted by Gasteiger charge is -2.28. The number of amides is 1. The molecule has 1 amide bonds. The zero-order chi connectivity index (χ0) is 32.3. The van der Waals surface area contributed by atoms with Crippen LogP contribution in [-0.2, 0) is 30.5 Å². The number of allylic oxidation sites excluding steroid dienone is 1. The molecule has 0 saturated heterocycles. The Morgan fingerprint density at radius 1 is 1.18 bits per heavy atom. The Morgan fingerprint density at radius 3 is 2.66 bits per heavy atom. The highest BCUT2D eigenvalue weighted by Crippen LogP contribution is 2.32. The van der Waals surface area contributed by atoms with Crippen molar-refractivity contribution in [1.82, 2.24) is 15.6 Å². The molecule has 1 unspecified atom stereocenters. The molecule has 0 aliphatic carbocycles. The number of carbonyl (C=O) groups excluding carboxylic acids is 4. The van der Waals surface area contributed by atoms with Gasteiger partial charge in [0.15, 0.2) is 10.9 Å². The van der Waals surface area contributed by atoms with Crippen molar-refractivity contribution >= 4 is 62.7 Å². The monoisotopic (exact) mass is 664 g/mol. The third-order valence-electron chi connectivity index (χ3n) is 7.72. The second kappa shape index (κ2) is 17.1. The first-order valence-corrected chi connectivity index (χ1v) is 18.5. The number of thioether (sulfide) groups is 2. The highest BCUT2D eigenvalue weighted by Gasteiger charge is 2.42. The predicted molar refractivity (Wildman–Crippen MR) is 181 cm³/mol. The second-order valence-corrected chi connectivity index (χ2v) is 15.5. The van der Waals surface area contributed by atoms with Gasteiger partial charge < -0.3 is 10.1 Å². The summed E-state index contributed by atoms with van der Waals surface area (Å²) < 4.78 is 5.90. The predicted octanol–water partition coefficient (Wildman–Crippen LogP) is 5.86. The highest BCUT2D eigenvalue weighted by atomic mass is 32.2. The number of carbonyl (C=O) groups is 4. The van der Waals surface area contributed by atoms with Gasteiger partial charge in [-0.15, -0.1) is 23.1 Å². The van der Waals surface area contributed by atoms with Crippen molar-refractivity contribution in [2.24, 2.45) is 10.9 Å². The topological polar surface area (TPSA) is 127 Å². The first-order chi connectivity index (χ1) is 20.8. The van der Waals surface area contributed by atoms with Crippen LogP contribution in [0, 0.1) is 5.92 Å². The number of ether oxygens (including phenoxy) is 1. The molecule has 2 aliphatic rings. The minimum Gasteiger partial charge on any atom is -0.456 e. The average Bonchev–Trinajstić information content (AvgIpc) is 3.61. The molecule has 3 rings (SSSR count). The molecule has 0 fully saturated rings. The number of esters is 1. The minimum atomic E-state index is -1.05. The molecule has 0 spiro atoms. The lowest BCUT2D eigenvalue weighted by Crippen LogP contribution is -2.53. The highest BCUT2D eigenvalue weighted by molar-refractivity contribution is 8.14. The standard InChI is InChI=1S/C32H48N4O5S3/c1-7-8-9-10-11-15-26(38)42-16-13-12-14-22-17-24(37)31(4,5)33-18-25-34-23(19-43-25)28-36-32(6,20-44-28)30(40)35-27(21(2)3)29(39)41-22/h12,14,19,21-22,27,33H,7-11,13,15-18,20H2,1-6H3,(H,35,40)/b14-12+/t22-,27?,32+/m1/s1. The molecule has 9 nitrogen and oxygen atoms in total. The van der Waals surface area contributed by atoms with Crippen LogP contribution >= 0.6 is 34.9 Å². The van der Waals surface area contributed by atoms with Gasteiger partial charge in [0.2, 0.25) is 5.91 Å². The number of rotatable bonds is 11. The van der Waals surface area contributed by atoms with E-state index in [-0.39, 0.29) is 29.1 Å². The van der Waals surface area contributed by atoms with Crippen LogP contribution in [0.4, 0.5) is 0 Å². The van der Waals surface area contributed by atoms with Gasteiger partial charge in [0.25, 0.3) is 0 Å². The summed E-state index contributed by atoms with van der Waals surface area (Å²) in [5.41, 5.74) is -1.24. The van der Waals surface area contributed by atoms with Crippen LogP contribution in [-0.4, -0.2) is 67.5 Å². The molecule has 1 aromatic rings. The molecule has 1 aromatic heterocycles. The maximum absolute atomic E-state index is 13.5. The van der Waals surface area contributed by atoms with E-state index >= 15 is 0 Å². The van der Waals surface area contributed by atoms with Crippen LogP contribution in [0.1, 0.15) is 104 Å². The van der Waals surface area contributed by atoms with E-state index in [1.807, 2.05) is 39.2 Å². The van der Waals surface area contributed by atoms with Crippen LogP contribution in [0.5, 0.6) is 0 Å². The molecule has 4 bridgehead atoms. The lowest BCUT2D eigenvalue weighted by molar-refractivity contribution is -0.153. The number of cyclic esters (lactones) is 1. The number of aromatic nitrogens is 1. The summed E-state index contributed by atoms with van der Waals surface area (Å²) in [4.78, 5) is 62.0. The van der Waals surface area contributed by atoms with Crippen molar-refractivity contribution in [3.63, 3.8) is 0 Å². The summed E-state index contributed by atoms with van der Waals surface area (Å²) in [6.07, 6.45) is 9.49. The van der Waals surface area contributed by atoms with Crippen LogP contribution in [0.15, 0.2) is 22.5 Å². The molecule has 3 atom stereocenters. The van der Waals surface area contributed by atoms with Crippen molar-refractivity contribution in [2.45, 2.75) is 123 Å². The first-order valence-electron chi connectivity index (χ1n) is 15.6. The number of ketones is 1. The number of nitrogens with one attached hydrogen (secondary N) is 2. The summed E-state index contributed by atoms with van der Waals surface area (Å²) in [6.45, 7) is 11.6. The third-order valence-corrected chi connectivity index (χ3v) is 10.8. The maximum atomic E-state index is 13.5. The van der Waals surface area contributed by atoms with E-state index in [2.05, 4.69) is 17.6 Å². The summed E-state index contributed by atoms with van der Waals surface area (Å²) in [5.74, 6) is -0.269. The number of nitrogens with zero attached hydrogens (tertiary/aromatic N) is 2. The summed E-state index contributed by atoms with van der Waals surface area (Å²) >= 11 is 4.26. The Bertz CT molecular complexity index is 1230. The fourth-order valence-electron chi connectivity index (χ4n) is 4.67. The molecule has 3 heterocycles. The third kappa shape index (κ3) is 10.8. The van der Waals surface area contributed by atoms with Gasteiger partial charge in [-0.25, -0.2) is 9.78 Å². The largest absolute Gasteiger partial charge is 0.456 e. The number of hydrogen-bond donors (Lipinski definition) is 2. The van der Waals surface area contributed by atoms with Gasteiger partial charge >= 0.3 is 5.97 Å². The summed E-state index contributed by atoms with van der Waals surface area (Å²) in [7, 11) is 0. The van der Waals surface area contributed by atoms with Gasteiger partial charge in [-0.3, -0.25) is 24.7 Å². The fourth-order valence-corrected chi connectivity index (χ4v) is 7.36. The molecule has 0 saturated carbocycles. The molecule has 0 aromatic carbocycles. The lowest BCUT2D eigenvalue weighted by atomic mass is 9.94. The van der Waals surface area contributed by atoms with Gasteiger partial charge in [0.1, 0.15) is 33.4 Å². The van der Waals surface area contributed by atoms with Gasteiger partial charge in [0, 0.05) is 36.3 Å². The van der Waals surface area contributed by atoms with E-state index in [1.54, 1.807) is 13.0 Å². The minimum absolute atomic E-state index is 0.0322. The molecular weight excluding hydrogens is 617 g/mol. The molecule has 244 valence electrons. The molecular formula is C32H48N4O5S3. The van der Waals surface area contributed by atoms with Crippen LogP contribution in [0.3, 0.4) is 0 Å². The number of thiazole rings is 1. The summed E-state index contributed by atoms with van der Waals surface area (Å²) in [5, 5.41) is 9.79. The van der Waals surface area contributed by atoms with Crippen LogP contribution in [0.2, 0.25) is 0 Å². The molecule has 2 N–H and O–H groups in total. The van der Waals surface area contributed by atoms with Gasteiger partial charge in [-0.1, -0.05) is 64.3 Å². The maximum Gasteiger partial charge on any atom is 0.329 e. The van der Waals surface area contributed by atoms with Crippen molar-refractivity contribution in [2.75, 3.05) is 11.5 Å². The van der Waals surface area contributed by atoms with Crippen molar-refractivity contribution in [1.29, 1.82) is 0 Å². The van der Waals surface area contributed by atoms with Gasteiger partial charge in [-0.05, 0) is 45.6 Å². The van der Waals surface area contributed by atoms with E-state index in [1.165, 1.54) is 54.1 Å². The SMILES string of the molecule is CCCCCCCC(=O)SCC/C=C/[C@@H]1CC(=O)C(C)(C)NCc2nc(cs2)C2=N[C@@](C)(CS2)C(=O)NC(C(C)C)C(=O)O1. The Hall–Kier alpha value is -2.02. The Morgan fingerprint density at radius 2 is 1.93 bits per heavy atom. The normalized spacial score (nSPS) is 24.7. The van der Waals surface area contributed by atoms with E-state index in [4.69, 9.17) is 14.7 Å². The Balaban J connectivity index is 1.74. The van der Waals surface area contributed by atoms with Crippen molar-refractivity contribution in [3.8, 4) is 0 Å². The molecule has 0 radical (unpaired) electrons. The van der Waals surface area contributed by atoms with Gasteiger partial charge in [-0.2, -0.15) is 0 Å². The Kier molecular flexibility index (Phi) is 14.1. The van der Waals surface area contributed by atoms with E-state index in [0.717, 1.165) is 17.8 Å². The number of fused-ring (bicyclic) bond motifs is 4. The van der Waals surface area contributed by atoms with Crippen LogP contribution < -0.4 is 10.6 Å². The van der Waals surface area contributed by atoms with Crippen molar-refractivity contribution in [3.05, 3.63) is 28.2 Å². The van der Waals surface area contributed by atoms with E-state index in [0.29, 0.717) is 41.6 Å². The number of aliphatic imine (C=N–C) groups is 1. The quantitative estimate of drug-likeness (QED) is 0.170. The summed E-state index contributed by atoms with van der Waals surface area (Å²) in [6, 6.07) is -0.909. The average molecular weight is 665 g/mol. The zero-order valence-corrected chi connectivity index (χ0v) is 29.4. The first kappa shape index (κ1) is 36.4. The number of Topliss-reactive ketones (excluding diaryl/α,β-unsaturated/α-hetero) is 1. The second-order valence-electron chi connectivity index (χ2n) is 12.5. The molecule has 2 aliphatic heterocycles. The molecule has 12 heteroatoms. The fraction of sp³-hybridized carbons (Fsp3) is 0.688. The van der Waals surface area contributed by atoms with Crippen molar-refractivity contribution < 1.29 is 23.9 Å².